The van der Waals surface area contributed by atoms with Crippen LogP contribution in [0.1, 0.15) is 31.4 Å². The summed E-state index contributed by atoms with van der Waals surface area (Å²) in [4.78, 5) is 14.5. The van der Waals surface area contributed by atoms with E-state index in [0.29, 0.717) is 19.4 Å². The molecule has 0 atom stereocenters. The lowest BCUT2D eigenvalue weighted by molar-refractivity contribution is -0.121. The van der Waals surface area contributed by atoms with E-state index in [1.165, 1.54) is 0 Å². The van der Waals surface area contributed by atoms with Crippen LogP contribution in [0.25, 0.3) is 0 Å². The number of halogens is 1. The van der Waals surface area contributed by atoms with Crippen LogP contribution in [-0.4, -0.2) is 49.2 Å². The third-order valence-corrected chi connectivity index (χ3v) is 4.87. The van der Waals surface area contributed by atoms with Gasteiger partial charge in [0.25, 0.3) is 0 Å². The van der Waals surface area contributed by atoms with Gasteiger partial charge in [-0.25, -0.2) is 0 Å². The van der Waals surface area contributed by atoms with Crippen molar-refractivity contribution >= 4 is 17.5 Å². The first-order valence-electron chi connectivity index (χ1n) is 8.23. The number of carbonyl (C=O) groups is 1. The number of nitrogens with zero attached hydrogens (tertiary/aromatic N) is 1. The molecule has 23 heavy (non-hydrogen) atoms. The first-order chi connectivity index (χ1) is 10.9. The molecule has 1 heterocycles. The van der Waals surface area contributed by atoms with Gasteiger partial charge in [-0.05, 0) is 44.4 Å². The van der Waals surface area contributed by atoms with Gasteiger partial charge >= 0.3 is 0 Å². The molecule has 2 rings (SSSR count). The first-order valence-corrected chi connectivity index (χ1v) is 8.61. The number of hydrogen-bond acceptors (Lipinski definition) is 3. The van der Waals surface area contributed by atoms with Gasteiger partial charge in [-0.15, -0.1) is 0 Å². The predicted molar refractivity (Wildman–Crippen MR) is 94.0 cm³/mol. The lowest BCUT2D eigenvalue weighted by Crippen LogP contribution is -2.55. The van der Waals surface area contributed by atoms with Gasteiger partial charge in [-0.2, -0.15) is 0 Å². The van der Waals surface area contributed by atoms with Gasteiger partial charge in [0.2, 0.25) is 5.91 Å². The molecule has 1 saturated heterocycles. The monoisotopic (exact) mass is 338 g/mol. The molecule has 1 fully saturated rings. The van der Waals surface area contributed by atoms with E-state index in [-0.39, 0.29) is 11.4 Å². The van der Waals surface area contributed by atoms with E-state index in [1.807, 2.05) is 25.1 Å². The molecule has 1 aliphatic rings. The summed E-state index contributed by atoms with van der Waals surface area (Å²) < 4.78 is 5.39. The lowest BCUT2D eigenvalue weighted by atomic mass is 10.0. The van der Waals surface area contributed by atoms with Crippen molar-refractivity contribution in [3.63, 3.8) is 0 Å². The molecule has 128 valence electrons. The normalized spacial score (nSPS) is 16.3. The predicted octanol–water partition coefficient (Wildman–Crippen LogP) is 2.81. The molecule has 0 aromatic heterocycles. The van der Waals surface area contributed by atoms with Crippen molar-refractivity contribution in [1.82, 2.24) is 10.2 Å². The number of rotatable bonds is 6. The molecule has 1 N–H and O–H groups in total. The highest BCUT2D eigenvalue weighted by Gasteiger charge is 2.28. The van der Waals surface area contributed by atoms with Crippen molar-refractivity contribution in [3.8, 4) is 0 Å². The zero-order valence-electron chi connectivity index (χ0n) is 14.3. The SMILES string of the molecule is Cc1ccc(CCC(=O)NCC(C)(C)N2CCOCC2)cc1Cl. The fourth-order valence-electron chi connectivity index (χ4n) is 2.73. The Balaban J connectivity index is 1.76. The van der Waals surface area contributed by atoms with Crippen molar-refractivity contribution in [2.45, 2.75) is 39.2 Å². The molecule has 1 aromatic rings. The number of carbonyl (C=O) groups excluding carboxylic acids is 1. The average molecular weight is 339 g/mol. The fraction of sp³-hybridized carbons (Fsp3) is 0.611. The minimum Gasteiger partial charge on any atom is -0.379 e. The molecule has 0 unspecified atom stereocenters. The quantitative estimate of drug-likeness (QED) is 0.867. The van der Waals surface area contributed by atoms with Crippen LogP contribution in [0.2, 0.25) is 5.02 Å². The van der Waals surface area contributed by atoms with Crippen LogP contribution in [0.5, 0.6) is 0 Å². The van der Waals surface area contributed by atoms with E-state index in [9.17, 15) is 4.79 Å². The zero-order chi connectivity index (χ0) is 16.9. The number of nitrogens with one attached hydrogen (secondary N) is 1. The molecule has 0 spiro atoms. The summed E-state index contributed by atoms with van der Waals surface area (Å²) in [5.41, 5.74) is 2.11. The second kappa shape index (κ2) is 8.13. The van der Waals surface area contributed by atoms with Crippen molar-refractivity contribution in [2.75, 3.05) is 32.8 Å². The van der Waals surface area contributed by atoms with Crippen LogP contribution < -0.4 is 5.32 Å². The number of morpholine rings is 1. The Kier molecular flexibility index (Phi) is 6.45. The molecule has 5 heteroatoms. The summed E-state index contributed by atoms with van der Waals surface area (Å²) in [7, 11) is 0. The van der Waals surface area contributed by atoms with E-state index in [1.54, 1.807) is 0 Å². The van der Waals surface area contributed by atoms with Crippen molar-refractivity contribution in [1.29, 1.82) is 0 Å². The zero-order valence-corrected chi connectivity index (χ0v) is 15.1. The van der Waals surface area contributed by atoms with Gasteiger partial charge in [0.15, 0.2) is 0 Å². The minimum atomic E-state index is -0.0490. The first kappa shape index (κ1) is 18.2. The molecule has 0 aliphatic carbocycles. The van der Waals surface area contributed by atoms with Crippen LogP contribution in [0.3, 0.4) is 0 Å². The molecule has 1 amide bonds. The number of benzene rings is 1. The van der Waals surface area contributed by atoms with Crippen molar-refractivity contribution in [3.05, 3.63) is 34.3 Å². The van der Waals surface area contributed by atoms with Gasteiger partial charge in [0, 0.05) is 36.6 Å². The van der Waals surface area contributed by atoms with Crippen LogP contribution in [0.15, 0.2) is 18.2 Å². The number of amides is 1. The Hall–Kier alpha value is -1.10. The van der Waals surface area contributed by atoms with Gasteiger partial charge in [0.05, 0.1) is 13.2 Å². The molecule has 1 aliphatic heterocycles. The number of aryl methyl sites for hydroxylation is 2. The topological polar surface area (TPSA) is 41.6 Å². The second-order valence-corrected chi connectivity index (χ2v) is 7.18. The lowest BCUT2D eigenvalue weighted by Gasteiger charge is -2.40. The van der Waals surface area contributed by atoms with Crippen molar-refractivity contribution < 1.29 is 9.53 Å². The highest BCUT2D eigenvalue weighted by Crippen LogP contribution is 2.18. The molecule has 1 aromatic carbocycles. The Labute approximate surface area is 144 Å². The molecular formula is C18H27ClN2O2. The third kappa shape index (κ3) is 5.48. The van der Waals surface area contributed by atoms with E-state index >= 15 is 0 Å². The van der Waals surface area contributed by atoms with E-state index in [4.69, 9.17) is 16.3 Å². The maximum atomic E-state index is 12.1. The third-order valence-electron chi connectivity index (χ3n) is 4.46. The average Bonchev–Trinajstić information content (AvgIpc) is 2.55. The highest BCUT2D eigenvalue weighted by molar-refractivity contribution is 6.31. The minimum absolute atomic E-state index is 0.0490. The molecule has 0 radical (unpaired) electrons. The van der Waals surface area contributed by atoms with Crippen LogP contribution >= 0.6 is 11.6 Å². The number of hydrogen-bond donors (Lipinski definition) is 1. The summed E-state index contributed by atoms with van der Waals surface area (Å²) in [5, 5.41) is 3.82. The molecular weight excluding hydrogens is 312 g/mol. The summed E-state index contributed by atoms with van der Waals surface area (Å²) in [6.45, 7) is 10.3. The second-order valence-electron chi connectivity index (χ2n) is 6.77. The van der Waals surface area contributed by atoms with Gasteiger partial charge in [-0.1, -0.05) is 23.7 Å². The van der Waals surface area contributed by atoms with Gasteiger partial charge in [-0.3, -0.25) is 9.69 Å². The standard InChI is InChI=1S/C18H27ClN2O2/c1-14-4-5-15(12-16(14)19)6-7-17(22)20-13-18(2,3)21-8-10-23-11-9-21/h4-5,12H,6-11,13H2,1-3H3,(H,20,22). The van der Waals surface area contributed by atoms with E-state index < -0.39 is 0 Å². The van der Waals surface area contributed by atoms with Crippen LogP contribution in [0.4, 0.5) is 0 Å². The summed E-state index contributed by atoms with van der Waals surface area (Å²) in [6, 6.07) is 5.98. The smallest absolute Gasteiger partial charge is 0.220 e. The Morgan fingerprint density at radius 3 is 2.70 bits per heavy atom. The number of ether oxygens (including phenoxy) is 1. The largest absolute Gasteiger partial charge is 0.379 e. The molecule has 0 saturated carbocycles. The maximum Gasteiger partial charge on any atom is 0.220 e. The Morgan fingerprint density at radius 1 is 1.35 bits per heavy atom. The maximum absolute atomic E-state index is 12.1. The van der Waals surface area contributed by atoms with Crippen LogP contribution in [0, 0.1) is 6.92 Å². The summed E-state index contributed by atoms with van der Waals surface area (Å²) in [6.07, 6.45) is 1.20. The van der Waals surface area contributed by atoms with E-state index in [0.717, 1.165) is 42.5 Å². The molecule has 4 nitrogen and oxygen atoms in total. The Morgan fingerprint density at radius 2 is 2.04 bits per heavy atom. The Bertz CT molecular complexity index is 540. The van der Waals surface area contributed by atoms with E-state index in [2.05, 4.69) is 24.1 Å². The fourth-order valence-corrected chi connectivity index (χ4v) is 2.94. The highest BCUT2D eigenvalue weighted by atomic mass is 35.5. The molecule has 0 bridgehead atoms. The van der Waals surface area contributed by atoms with Gasteiger partial charge < -0.3 is 10.1 Å². The van der Waals surface area contributed by atoms with Crippen molar-refractivity contribution in [2.24, 2.45) is 0 Å². The van der Waals surface area contributed by atoms with Crippen LogP contribution in [-0.2, 0) is 16.0 Å². The summed E-state index contributed by atoms with van der Waals surface area (Å²) >= 11 is 6.12. The summed E-state index contributed by atoms with van der Waals surface area (Å²) in [5.74, 6) is 0.0861. The van der Waals surface area contributed by atoms with Gasteiger partial charge in [0.1, 0.15) is 0 Å².